The Morgan fingerprint density at radius 3 is 2.61 bits per heavy atom. The predicted octanol–water partition coefficient (Wildman–Crippen LogP) is 3.62. The fourth-order valence-electron chi connectivity index (χ4n) is 4.16. The summed E-state index contributed by atoms with van der Waals surface area (Å²) in [5.74, 6) is 1.52. The molecule has 28 heavy (non-hydrogen) atoms. The fraction of sp³-hybridized carbons (Fsp3) is 0.591. The molecule has 0 spiro atoms. The van der Waals surface area contributed by atoms with Crippen molar-refractivity contribution in [3.05, 3.63) is 29.5 Å². The molecule has 6 heteroatoms. The van der Waals surface area contributed by atoms with Gasteiger partial charge in [0.1, 0.15) is 11.3 Å². The molecular weight excluding hydrogens is 356 g/mol. The number of benzene rings is 1. The van der Waals surface area contributed by atoms with Crippen LogP contribution in [-0.2, 0) is 4.74 Å². The van der Waals surface area contributed by atoms with Crippen LogP contribution in [0.3, 0.4) is 0 Å². The third kappa shape index (κ3) is 4.33. The van der Waals surface area contributed by atoms with E-state index in [-0.39, 0.29) is 5.91 Å². The number of ether oxygens (including phenoxy) is 2. The molecule has 1 fully saturated rings. The molecule has 0 aliphatic carbocycles. The van der Waals surface area contributed by atoms with E-state index in [0.29, 0.717) is 29.8 Å². The Kier molecular flexibility index (Phi) is 6.97. The van der Waals surface area contributed by atoms with Crippen molar-refractivity contribution >= 4 is 16.9 Å². The lowest BCUT2D eigenvalue weighted by molar-refractivity contribution is 0.00185. The highest BCUT2D eigenvalue weighted by molar-refractivity contribution is 5.99. The fourth-order valence-corrected chi connectivity index (χ4v) is 4.16. The Labute approximate surface area is 167 Å². The van der Waals surface area contributed by atoms with E-state index in [1.807, 2.05) is 25.1 Å². The second-order valence-corrected chi connectivity index (χ2v) is 7.42. The van der Waals surface area contributed by atoms with E-state index in [1.54, 1.807) is 7.11 Å². The SMILES string of the molecule is CCC(CC)C(CNC(=O)c1oc2ccc(OC)cc2c1C)N1CCOCC1. The second kappa shape index (κ2) is 9.43. The summed E-state index contributed by atoms with van der Waals surface area (Å²) in [5, 5.41) is 4.04. The predicted molar refractivity (Wildman–Crippen MR) is 110 cm³/mol. The van der Waals surface area contributed by atoms with Crippen LogP contribution >= 0.6 is 0 Å². The Hall–Kier alpha value is -2.05. The number of carbonyl (C=O) groups is 1. The summed E-state index contributed by atoms with van der Waals surface area (Å²) >= 11 is 0. The third-order valence-corrected chi connectivity index (χ3v) is 5.93. The minimum absolute atomic E-state index is 0.156. The number of fused-ring (bicyclic) bond motifs is 1. The largest absolute Gasteiger partial charge is 0.497 e. The summed E-state index contributed by atoms with van der Waals surface area (Å²) in [4.78, 5) is 15.4. The summed E-state index contributed by atoms with van der Waals surface area (Å²) in [6, 6.07) is 5.91. The topological polar surface area (TPSA) is 63.9 Å². The van der Waals surface area contributed by atoms with Crippen molar-refractivity contribution in [1.82, 2.24) is 10.2 Å². The molecule has 1 saturated heterocycles. The van der Waals surface area contributed by atoms with E-state index in [4.69, 9.17) is 13.9 Å². The molecule has 1 amide bonds. The second-order valence-electron chi connectivity index (χ2n) is 7.42. The number of aryl methyl sites for hydroxylation is 1. The van der Waals surface area contributed by atoms with Crippen LogP contribution in [0.4, 0.5) is 0 Å². The van der Waals surface area contributed by atoms with Crippen LogP contribution in [0.2, 0.25) is 0 Å². The lowest BCUT2D eigenvalue weighted by atomic mass is 9.92. The first-order chi connectivity index (χ1) is 13.6. The Balaban J connectivity index is 1.75. The molecule has 6 nitrogen and oxygen atoms in total. The van der Waals surface area contributed by atoms with Crippen molar-refractivity contribution in [3.63, 3.8) is 0 Å². The zero-order chi connectivity index (χ0) is 20.1. The summed E-state index contributed by atoms with van der Waals surface area (Å²) in [6.45, 7) is 10.3. The number of methoxy groups -OCH3 is 1. The number of morpholine rings is 1. The van der Waals surface area contributed by atoms with E-state index in [1.165, 1.54) is 0 Å². The molecule has 1 N–H and O–H groups in total. The first-order valence-electron chi connectivity index (χ1n) is 10.3. The summed E-state index contributed by atoms with van der Waals surface area (Å²) < 4.78 is 16.6. The number of hydrogen-bond donors (Lipinski definition) is 1. The molecule has 2 aromatic rings. The van der Waals surface area contributed by atoms with E-state index < -0.39 is 0 Å². The molecular formula is C22H32N2O4. The maximum atomic E-state index is 12.9. The van der Waals surface area contributed by atoms with Gasteiger partial charge >= 0.3 is 0 Å². The van der Waals surface area contributed by atoms with Gasteiger partial charge in [0.05, 0.1) is 20.3 Å². The highest BCUT2D eigenvalue weighted by Crippen LogP contribution is 2.29. The molecule has 1 aliphatic rings. The van der Waals surface area contributed by atoms with Crippen molar-refractivity contribution in [3.8, 4) is 5.75 Å². The van der Waals surface area contributed by atoms with Crippen molar-refractivity contribution in [2.24, 2.45) is 5.92 Å². The zero-order valence-corrected chi connectivity index (χ0v) is 17.4. The molecule has 3 rings (SSSR count). The molecule has 2 heterocycles. The number of rotatable bonds is 8. The third-order valence-electron chi connectivity index (χ3n) is 5.93. The quantitative estimate of drug-likeness (QED) is 0.748. The molecule has 1 atom stereocenters. The Bertz CT molecular complexity index is 791. The number of amides is 1. The van der Waals surface area contributed by atoms with Gasteiger partial charge in [0.15, 0.2) is 5.76 Å². The standard InChI is InChI=1S/C22H32N2O4/c1-5-16(6-2)19(24-9-11-27-12-10-24)14-23-22(25)21-15(3)18-13-17(26-4)7-8-20(18)28-21/h7-8,13,16,19H,5-6,9-12,14H2,1-4H3,(H,23,25). The molecule has 1 aromatic heterocycles. The lowest BCUT2D eigenvalue weighted by Gasteiger charge is -2.38. The maximum Gasteiger partial charge on any atom is 0.287 e. The van der Waals surface area contributed by atoms with Gasteiger partial charge in [0.2, 0.25) is 0 Å². The van der Waals surface area contributed by atoms with Gasteiger partial charge in [-0.2, -0.15) is 0 Å². The normalized spacial score (nSPS) is 16.5. The monoisotopic (exact) mass is 388 g/mol. The molecule has 0 bridgehead atoms. The van der Waals surface area contributed by atoms with Crippen LogP contribution in [-0.4, -0.2) is 56.8 Å². The highest BCUT2D eigenvalue weighted by atomic mass is 16.5. The van der Waals surface area contributed by atoms with E-state index >= 15 is 0 Å². The number of hydrogen-bond acceptors (Lipinski definition) is 5. The lowest BCUT2D eigenvalue weighted by Crippen LogP contribution is -2.52. The van der Waals surface area contributed by atoms with Gasteiger partial charge < -0.3 is 19.2 Å². The molecule has 1 aliphatic heterocycles. The van der Waals surface area contributed by atoms with Crippen LogP contribution in [0, 0.1) is 12.8 Å². The molecule has 1 aromatic carbocycles. The van der Waals surface area contributed by atoms with Gasteiger partial charge in [-0.3, -0.25) is 9.69 Å². The maximum absolute atomic E-state index is 12.9. The highest BCUT2D eigenvalue weighted by Gasteiger charge is 2.28. The van der Waals surface area contributed by atoms with E-state index in [0.717, 1.165) is 55.8 Å². The van der Waals surface area contributed by atoms with Gasteiger partial charge in [0, 0.05) is 36.6 Å². The van der Waals surface area contributed by atoms with Crippen LogP contribution in [0.15, 0.2) is 22.6 Å². The Morgan fingerprint density at radius 1 is 1.25 bits per heavy atom. The minimum atomic E-state index is -0.156. The van der Waals surface area contributed by atoms with Gasteiger partial charge in [-0.05, 0) is 31.0 Å². The van der Waals surface area contributed by atoms with Crippen LogP contribution in [0.1, 0.15) is 42.8 Å². The van der Waals surface area contributed by atoms with Crippen LogP contribution in [0.25, 0.3) is 11.0 Å². The van der Waals surface area contributed by atoms with Crippen LogP contribution < -0.4 is 10.1 Å². The smallest absolute Gasteiger partial charge is 0.287 e. The summed E-state index contributed by atoms with van der Waals surface area (Å²) in [5.41, 5.74) is 1.55. The molecule has 154 valence electrons. The number of nitrogens with zero attached hydrogens (tertiary/aromatic N) is 1. The van der Waals surface area contributed by atoms with Crippen LogP contribution in [0.5, 0.6) is 5.75 Å². The summed E-state index contributed by atoms with van der Waals surface area (Å²) in [7, 11) is 1.63. The average Bonchev–Trinajstić information content (AvgIpc) is 3.07. The molecule has 0 radical (unpaired) electrons. The van der Waals surface area contributed by atoms with Crippen molar-refractivity contribution in [2.75, 3.05) is 40.0 Å². The first kappa shape index (κ1) is 20.7. The average molecular weight is 389 g/mol. The van der Waals surface area contributed by atoms with Crippen molar-refractivity contribution in [2.45, 2.75) is 39.7 Å². The zero-order valence-electron chi connectivity index (χ0n) is 17.4. The van der Waals surface area contributed by atoms with Gasteiger partial charge in [-0.1, -0.05) is 26.7 Å². The number of nitrogens with one attached hydrogen (secondary N) is 1. The number of carbonyl (C=O) groups excluding carboxylic acids is 1. The van der Waals surface area contributed by atoms with Crippen molar-refractivity contribution in [1.29, 1.82) is 0 Å². The van der Waals surface area contributed by atoms with Gasteiger partial charge in [-0.15, -0.1) is 0 Å². The van der Waals surface area contributed by atoms with E-state index in [2.05, 4.69) is 24.1 Å². The molecule has 0 saturated carbocycles. The van der Waals surface area contributed by atoms with Gasteiger partial charge in [-0.25, -0.2) is 0 Å². The number of furan rings is 1. The minimum Gasteiger partial charge on any atom is -0.497 e. The first-order valence-corrected chi connectivity index (χ1v) is 10.3. The Morgan fingerprint density at radius 2 is 1.96 bits per heavy atom. The van der Waals surface area contributed by atoms with E-state index in [9.17, 15) is 4.79 Å². The van der Waals surface area contributed by atoms with Gasteiger partial charge in [0.25, 0.3) is 5.91 Å². The van der Waals surface area contributed by atoms with Crippen molar-refractivity contribution < 1.29 is 18.7 Å². The summed E-state index contributed by atoms with van der Waals surface area (Å²) in [6.07, 6.45) is 2.19. The molecule has 1 unspecified atom stereocenters.